The van der Waals surface area contributed by atoms with Gasteiger partial charge in [0.05, 0.1) is 0 Å². The summed E-state index contributed by atoms with van der Waals surface area (Å²) in [5.74, 6) is 1.03. The summed E-state index contributed by atoms with van der Waals surface area (Å²) >= 11 is 5.52. The van der Waals surface area contributed by atoms with Crippen molar-refractivity contribution in [1.82, 2.24) is 0 Å². The molecule has 0 saturated heterocycles. The Balaban J connectivity index is 1.79. The molecule has 2 aromatic rings. The van der Waals surface area contributed by atoms with Crippen LogP contribution in [-0.2, 0) is 0 Å². The zero-order chi connectivity index (χ0) is 14.4. The lowest BCUT2D eigenvalue weighted by molar-refractivity contribution is 0.645. The third-order valence-corrected chi connectivity index (χ3v) is 6.07. The zero-order valence-electron chi connectivity index (χ0n) is 11.7. The molecule has 0 fully saturated rings. The fourth-order valence-corrected chi connectivity index (χ4v) is 5.06. The summed E-state index contributed by atoms with van der Waals surface area (Å²) in [5.41, 5.74) is 4.24. The molecular formula is C19H15BrS. The first-order valence-corrected chi connectivity index (χ1v) is 8.79. The molecule has 1 aliphatic carbocycles. The SMILES string of the molecule is CC1C(c2cccc(Br)c2)=CC=C2Sc3ccccc3C21. The van der Waals surface area contributed by atoms with Crippen molar-refractivity contribution in [2.24, 2.45) is 5.92 Å². The van der Waals surface area contributed by atoms with Gasteiger partial charge in [0.15, 0.2) is 0 Å². The highest BCUT2D eigenvalue weighted by atomic mass is 79.9. The van der Waals surface area contributed by atoms with Gasteiger partial charge in [-0.15, -0.1) is 0 Å². The lowest BCUT2D eigenvalue weighted by atomic mass is 9.77. The van der Waals surface area contributed by atoms with E-state index in [1.807, 2.05) is 11.8 Å². The van der Waals surface area contributed by atoms with Gasteiger partial charge >= 0.3 is 0 Å². The molecule has 1 aliphatic heterocycles. The molecule has 0 nitrogen and oxygen atoms in total. The molecule has 0 amide bonds. The first-order valence-electron chi connectivity index (χ1n) is 7.18. The van der Waals surface area contributed by atoms with Crippen molar-refractivity contribution in [3.63, 3.8) is 0 Å². The normalized spacial score (nSPS) is 23.1. The van der Waals surface area contributed by atoms with Gasteiger partial charge in [-0.05, 0) is 45.7 Å². The van der Waals surface area contributed by atoms with Crippen molar-refractivity contribution < 1.29 is 0 Å². The first kappa shape index (κ1) is 13.4. The molecule has 0 saturated carbocycles. The fourth-order valence-electron chi connectivity index (χ4n) is 3.36. The van der Waals surface area contributed by atoms with E-state index in [1.54, 1.807) is 0 Å². The van der Waals surface area contributed by atoms with E-state index in [-0.39, 0.29) is 0 Å². The lowest BCUT2D eigenvalue weighted by Crippen LogP contribution is -2.13. The van der Waals surface area contributed by atoms with Crippen LogP contribution >= 0.6 is 27.7 Å². The van der Waals surface area contributed by atoms with Gasteiger partial charge in [-0.1, -0.05) is 77.1 Å². The maximum atomic E-state index is 3.58. The Morgan fingerprint density at radius 2 is 1.86 bits per heavy atom. The number of benzene rings is 2. The number of hydrogen-bond acceptors (Lipinski definition) is 1. The molecule has 2 unspecified atom stereocenters. The average Bonchev–Trinajstić information content (AvgIpc) is 2.87. The molecule has 0 radical (unpaired) electrons. The van der Waals surface area contributed by atoms with E-state index >= 15 is 0 Å². The van der Waals surface area contributed by atoms with E-state index in [1.165, 1.54) is 26.5 Å². The van der Waals surface area contributed by atoms with Crippen LogP contribution in [0.5, 0.6) is 0 Å². The van der Waals surface area contributed by atoms with Gasteiger partial charge in [0.1, 0.15) is 0 Å². The number of halogens is 1. The van der Waals surface area contributed by atoms with Crippen LogP contribution in [0.4, 0.5) is 0 Å². The molecule has 21 heavy (non-hydrogen) atoms. The summed E-state index contributed by atoms with van der Waals surface area (Å²) in [4.78, 5) is 2.91. The highest BCUT2D eigenvalue weighted by molar-refractivity contribution is 9.10. The molecule has 0 spiro atoms. The monoisotopic (exact) mass is 354 g/mol. The molecule has 0 N–H and O–H groups in total. The van der Waals surface area contributed by atoms with E-state index in [4.69, 9.17) is 0 Å². The van der Waals surface area contributed by atoms with Crippen molar-refractivity contribution in [1.29, 1.82) is 0 Å². The van der Waals surface area contributed by atoms with E-state index in [9.17, 15) is 0 Å². The molecular weight excluding hydrogens is 340 g/mol. The Bertz CT molecular complexity index is 773. The highest BCUT2D eigenvalue weighted by Crippen LogP contribution is 2.55. The number of hydrogen-bond donors (Lipinski definition) is 0. The van der Waals surface area contributed by atoms with Crippen LogP contribution in [0.1, 0.15) is 24.0 Å². The third kappa shape index (κ3) is 2.21. The second-order valence-corrected chi connectivity index (χ2v) is 7.64. The van der Waals surface area contributed by atoms with E-state index in [2.05, 4.69) is 83.5 Å². The van der Waals surface area contributed by atoms with Gasteiger partial charge in [-0.3, -0.25) is 0 Å². The summed E-state index contributed by atoms with van der Waals surface area (Å²) in [6.07, 6.45) is 4.61. The second-order valence-electron chi connectivity index (χ2n) is 5.61. The summed E-state index contributed by atoms with van der Waals surface area (Å²) in [6.45, 7) is 2.35. The van der Waals surface area contributed by atoms with Gasteiger partial charge in [-0.2, -0.15) is 0 Å². The maximum absolute atomic E-state index is 3.58. The first-order chi connectivity index (χ1) is 10.2. The summed E-state index contributed by atoms with van der Waals surface area (Å²) in [5, 5.41) is 0. The minimum absolute atomic E-state index is 0.510. The van der Waals surface area contributed by atoms with Gasteiger partial charge in [-0.25, -0.2) is 0 Å². The number of thioether (sulfide) groups is 1. The second kappa shape index (κ2) is 5.19. The Morgan fingerprint density at radius 1 is 1.00 bits per heavy atom. The van der Waals surface area contributed by atoms with E-state index in [0.29, 0.717) is 11.8 Å². The van der Waals surface area contributed by atoms with Crippen molar-refractivity contribution in [2.75, 3.05) is 0 Å². The van der Waals surface area contributed by atoms with E-state index < -0.39 is 0 Å². The van der Waals surface area contributed by atoms with Gasteiger partial charge in [0.2, 0.25) is 0 Å². The van der Waals surface area contributed by atoms with Gasteiger partial charge in [0, 0.05) is 15.3 Å². The standard InChI is InChI=1S/C19H15BrS/c1-12-15(13-5-4-6-14(20)11-13)9-10-18-19(12)16-7-2-3-8-17(16)21-18/h2-12,19H,1H3. The fraction of sp³-hybridized carbons (Fsp3) is 0.158. The third-order valence-electron chi connectivity index (χ3n) is 4.36. The van der Waals surface area contributed by atoms with Crippen LogP contribution in [0, 0.1) is 5.92 Å². The Kier molecular flexibility index (Phi) is 3.31. The zero-order valence-corrected chi connectivity index (χ0v) is 14.1. The molecule has 2 atom stereocenters. The largest absolute Gasteiger partial charge is 0.0936 e. The van der Waals surface area contributed by atoms with Gasteiger partial charge < -0.3 is 0 Å². The topological polar surface area (TPSA) is 0 Å². The average molecular weight is 355 g/mol. The molecule has 2 aromatic carbocycles. The minimum Gasteiger partial charge on any atom is -0.0936 e. The smallest absolute Gasteiger partial charge is 0.0230 e. The summed E-state index contributed by atoms with van der Waals surface area (Å²) in [6, 6.07) is 17.4. The maximum Gasteiger partial charge on any atom is 0.0230 e. The van der Waals surface area contributed by atoms with E-state index in [0.717, 1.165) is 4.47 Å². The number of allylic oxidation sites excluding steroid dienone is 4. The summed E-state index contributed by atoms with van der Waals surface area (Å²) < 4.78 is 1.14. The van der Waals surface area contributed by atoms with Crippen molar-refractivity contribution in [3.8, 4) is 0 Å². The van der Waals surface area contributed by atoms with Crippen LogP contribution < -0.4 is 0 Å². The Labute approximate surface area is 138 Å². The van der Waals surface area contributed by atoms with Crippen LogP contribution in [-0.4, -0.2) is 0 Å². The van der Waals surface area contributed by atoms with Gasteiger partial charge in [0.25, 0.3) is 0 Å². The molecule has 104 valence electrons. The molecule has 1 heterocycles. The number of fused-ring (bicyclic) bond motifs is 3. The van der Waals surface area contributed by atoms with Crippen molar-refractivity contribution in [2.45, 2.75) is 17.7 Å². The van der Waals surface area contributed by atoms with Crippen LogP contribution in [0.25, 0.3) is 5.57 Å². The molecule has 0 bridgehead atoms. The predicted molar refractivity (Wildman–Crippen MR) is 94.4 cm³/mol. The van der Waals surface area contributed by atoms with Crippen LogP contribution in [0.3, 0.4) is 0 Å². The Morgan fingerprint density at radius 3 is 2.71 bits per heavy atom. The molecule has 2 heteroatoms. The molecule has 2 aliphatic rings. The minimum atomic E-state index is 0.510. The predicted octanol–water partition coefficient (Wildman–Crippen LogP) is 6.26. The summed E-state index contributed by atoms with van der Waals surface area (Å²) in [7, 11) is 0. The van der Waals surface area contributed by atoms with Crippen LogP contribution in [0.2, 0.25) is 0 Å². The highest BCUT2D eigenvalue weighted by Gasteiger charge is 2.35. The molecule has 4 rings (SSSR count). The lowest BCUT2D eigenvalue weighted by Gasteiger charge is -2.27. The van der Waals surface area contributed by atoms with Crippen LogP contribution in [0.15, 0.2) is 75.0 Å². The van der Waals surface area contributed by atoms with Crippen molar-refractivity contribution >= 4 is 33.3 Å². The quantitative estimate of drug-likeness (QED) is 0.582. The molecule has 0 aromatic heterocycles. The Hall–Kier alpha value is -1.25. The number of rotatable bonds is 1. The van der Waals surface area contributed by atoms with Crippen molar-refractivity contribution in [3.05, 3.63) is 81.2 Å².